The summed E-state index contributed by atoms with van der Waals surface area (Å²) in [5.74, 6) is 0.366. The molecule has 2 N–H and O–H groups in total. The number of nitrogens with one attached hydrogen (secondary N) is 2. The summed E-state index contributed by atoms with van der Waals surface area (Å²) >= 11 is 0. The molecular formula is C21H23FN2O3S. The number of aryl methyl sites for hydroxylation is 1. The number of benzene rings is 2. The summed E-state index contributed by atoms with van der Waals surface area (Å²) in [6, 6.07) is 11.8. The Kier molecular flexibility index (Phi) is 6.59. The average Bonchev–Trinajstić information content (AvgIpc) is 2.95. The number of halogens is 1. The number of aromatic amines is 1. The molecule has 148 valence electrons. The molecule has 3 aromatic rings. The van der Waals surface area contributed by atoms with Gasteiger partial charge in [-0.25, -0.2) is 4.39 Å². The number of rotatable bonds is 8. The third kappa shape index (κ3) is 5.05. The Morgan fingerprint density at radius 3 is 2.86 bits per heavy atom. The van der Waals surface area contributed by atoms with Gasteiger partial charge >= 0.3 is 0 Å². The van der Waals surface area contributed by atoms with E-state index in [1.165, 1.54) is 12.1 Å². The largest absolute Gasteiger partial charge is 0.384 e. The van der Waals surface area contributed by atoms with Crippen LogP contribution in [0.15, 0.2) is 42.5 Å². The van der Waals surface area contributed by atoms with Crippen molar-refractivity contribution in [2.45, 2.75) is 19.1 Å². The smallest absolute Gasteiger partial charge is 0.228 e. The van der Waals surface area contributed by atoms with E-state index in [2.05, 4.69) is 10.3 Å². The van der Waals surface area contributed by atoms with Gasteiger partial charge < -0.3 is 15.0 Å². The predicted octanol–water partition coefficient (Wildman–Crippen LogP) is 3.69. The topological polar surface area (TPSA) is 71.2 Å². The second kappa shape index (κ2) is 9.12. The van der Waals surface area contributed by atoms with Crippen LogP contribution in [0, 0.1) is 12.7 Å². The van der Waals surface area contributed by atoms with Gasteiger partial charge in [-0.1, -0.05) is 12.1 Å². The third-order valence-corrected chi connectivity index (χ3v) is 5.75. The maximum atomic E-state index is 13.6. The fourth-order valence-electron chi connectivity index (χ4n) is 3.12. The number of carbonyl (C=O) groups is 1. The van der Waals surface area contributed by atoms with Crippen LogP contribution in [0.3, 0.4) is 0 Å². The lowest BCUT2D eigenvalue weighted by Gasteiger charge is -2.08. The van der Waals surface area contributed by atoms with Crippen molar-refractivity contribution in [3.8, 4) is 0 Å². The first-order valence-electron chi connectivity index (χ1n) is 8.95. The highest BCUT2D eigenvalue weighted by atomic mass is 32.2. The van der Waals surface area contributed by atoms with Crippen molar-refractivity contribution in [2.75, 3.05) is 24.8 Å². The molecule has 1 aromatic heterocycles. The molecule has 0 aliphatic rings. The summed E-state index contributed by atoms with van der Waals surface area (Å²) in [5.41, 5.74) is 3.97. The summed E-state index contributed by atoms with van der Waals surface area (Å²) in [6.45, 7) is 2.32. The van der Waals surface area contributed by atoms with Crippen LogP contribution in [0.25, 0.3) is 10.9 Å². The summed E-state index contributed by atoms with van der Waals surface area (Å²) in [6.07, 6.45) is 0.138. The number of ether oxygens (including phenoxy) is 1. The fourth-order valence-corrected chi connectivity index (χ4v) is 4.17. The first-order valence-corrected chi connectivity index (χ1v) is 10.4. The Labute approximate surface area is 165 Å². The van der Waals surface area contributed by atoms with Gasteiger partial charge in [-0.2, -0.15) is 0 Å². The lowest BCUT2D eigenvalue weighted by atomic mass is 10.1. The average molecular weight is 402 g/mol. The molecule has 1 heterocycles. The molecular weight excluding hydrogens is 379 g/mol. The van der Waals surface area contributed by atoms with Crippen LogP contribution in [0.2, 0.25) is 0 Å². The number of aromatic nitrogens is 1. The van der Waals surface area contributed by atoms with E-state index < -0.39 is 10.8 Å². The highest BCUT2D eigenvalue weighted by Crippen LogP contribution is 2.24. The molecule has 28 heavy (non-hydrogen) atoms. The SMILES string of the molecule is COCCS(=O)Cc1cccc(NC(=O)Cc2c(C)[nH]c3ccc(F)cc23)c1. The zero-order chi connectivity index (χ0) is 20.1. The van der Waals surface area contributed by atoms with Crippen molar-refractivity contribution in [2.24, 2.45) is 0 Å². The molecule has 7 heteroatoms. The van der Waals surface area contributed by atoms with Crippen molar-refractivity contribution >= 4 is 33.3 Å². The van der Waals surface area contributed by atoms with Gasteiger partial charge in [0.1, 0.15) is 5.82 Å². The second-order valence-electron chi connectivity index (χ2n) is 6.62. The maximum Gasteiger partial charge on any atom is 0.228 e. The summed E-state index contributed by atoms with van der Waals surface area (Å²) in [5, 5.41) is 3.59. The predicted molar refractivity (Wildman–Crippen MR) is 110 cm³/mol. The molecule has 0 spiro atoms. The van der Waals surface area contributed by atoms with Crippen molar-refractivity contribution in [1.29, 1.82) is 0 Å². The summed E-state index contributed by atoms with van der Waals surface area (Å²) < 4.78 is 30.6. The van der Waals surface area contributed by atoms with Crippen LogP contribution >= 0.6 is 0 Å². The van der Waals surface area contributed by atoms with Gasteiger partial charge in [0.2, 0.25) is 5.91 Å². The van der Waals surface area contributed by atoms with E-state index in [9.17, 15) is 13.4 Å². The quantitative estimate of drug-likeness (QED) is 0.604. The van der Waals surface area contributed by atoms with Gasteiger partial charge in [0.25, 0.3) is 0 Å². The molecule has 5 nitrogen and oxygen atoms in total. The van der Waals surface area contributed by atoms with Gasteiger partial charge in [-0.05, 0) is 48.4 Å². The number of amides is 1. The Bertz CT molecular complexity index is 1020. The minimum atomic E-state index is -1.02. The van der Waals surface area contributed by atoms with E-state index in [1.807, 2.05) is 25.1 Å². The van der Waals surface area contributed by atoms with Gasteiger partial charge in [-0.15, -0.1) is 0 Å². The Balaban J connectivity index is 1.69. The third-order valence-electron chi connectivity index (χ3n) is 4.47. The van der Waals surface area contributed by atoms with E-state index >= 15 is 0 Å². The first-order chi connectivity index (χ1) is 13.5. The number of fused-ring (bicyclic) bond motifs is 1. The van der Waals surface area contributed by atoms with Gasteiger partial charge in [-0.3, -0.25) is 9.00 Å². The Morgan fingerprint density at radius 2 is 2.07 bits per heavy atom. The number of methoxy groups -OCH3 is 1. The molecule has 3 rings (SSSR count). The molecule has 2 aromatic carbocycles. The van der Waals surface area contributed by atoms with Crippen LogP contribution in [-0.2, 0) is 32.5 Å². The lowest BCUT2D eigenvalue weighted by Crippen LogP contribution is -2.15. The maximum absolute atomic E-state index is 13.6. The molecule has 0 radical (unpaired) electrons. The number of hydrogen-bond acceptors (Lipinski definition) is 3. The molecule has 0 saturated carbocycles. The molecule has 0 saturated heterocycles. The van der Waals surface area contributed by atoms with Crippen molar-refractivity contribution in [3.63, 3.8) is 0 Å². The molecule has 1 unspecified atom stereocenters. The number of carbonyl (C=O) groups excluding carboxylic acids is 1. The van der Waals surface area contributed by atoms with Crippen LogP contribution in [0.5, 0.6) is 0 Å². The molecule has 1 atom stereocenters. The Hall–Kier alpha value is -2.51. The first kappa shape index (κ1) is 20.2. The van der Waals surface area contributed by atoms with Gasteiger partial charge in [0, 0.05) is 51.7 Å². The van der Waals surface area contributed by atoms with E-state index in [4.69, 9.17) is 4.74 Å². The van der Waals surface area contributed by atoms with E-state index in [0.29, 0.717) is 23.8 Å². The fraction of sp³-hybridized carbons (Fsp3) is 0.286. The number of H-pyrrole nitrogens is 1. The highest BCUT2D eigenvalue weighted by molar-refractivity contribution is 7.84. The zero-order valence-electron chi connectivity index (χ0n) is 15.9. The van der Waals surface area contributed by atoms with Crippen LogP contribution in [0.1, 0.15) is 16.8 Å². The van der Waals surface area contributed by atoms with Crippen LogP contribution in [-0.4, -0.2) is 34.6 Å². The van der Waals surface area contributed by atoms with Crippen molar-refractivity contribution < 1.29 is 18.1 Å². The summed E-state index contributed by atoms with van der Waals surface area (Å²) in [7, 11) is 0.564. The zero-order valence-corrected chi connectivity index (χ0v) is 16.7. The van der Waals surface area contributed by atoms with Crippen molar-refractivity contribution in [3.05, 3.63) is 65.1 Å². The molecule has 0 fully saturated rings. The number of hydrogen-bond donors (Lipinski definition) is 2. The molecule has 1 amide bonds. The second-order valence-corrected chi connectivity index (χ2v) is 8.20. The normalized spacial score (nSPS) is 12.2. The van der Waals surface area contributed by atoms with E-state index in [-0.39, 0.29) is 18.1 Å². The summed E-state index contributed by atoms with van der Waals surface area (Å²) in [4.78, 5) is 15.7. The van der Waals surface area contributed by atoms with Crippen LogP contribution in [0.4, 0.5) is 10.1 Å². The highest BCUT2D eigenvalue weighted by Gasteiger charge is 2.14. The minimum absolute atomic E-state index is 0.138. The van der Waals surface area contributed by atoms with Crippen molar-refractivity contribution in [1.82, 2.24) is 4.98 Å². The van der Waals surface area contributed by atoms with E-state index in [0.717, 1.165) is 27.7 Å². The van der Waals surface area contributed by atoms with E-state index in [1.54, 1.807) is 19.2 Å². The Morgan fingerprint density at radius 1 is 1.25 bits per heavy atom. The standard InChI is InChI=1S/C21H23FN2O3S/c1-14-18(19-11-16(22)6-7-20(19)23-14)12-21(25)24-17-5-3-4-15(10-17)13-28(26)9-8-27-2/h3-7,10-11,23H,8-9,12-13H2,1-2H3,(H,24,25). The van der Waals surface area contributed by atoms with Gasteiger partial charge in [0.05, 0.1) is 13.0 Å². The van der Waals surface area contributed by atoms with Crippen LogP contribution < -0.4 is 5.32 Å². The molecule has 0 aliphatic carbocycles. The molecule has 0 bridgehead atoms. The van der Waals surface area contributed by atoms with Gasteiger partial charge in [0.15, 0.2) is 0 Å². The lowest BCUT2D eigenvalue weighted by molar-refractivity contribution is -0.115. The molecule has 0 aliphatic heterocycles. The number of anilines is 1. The minimum Gasteiger partial charge on any atom is -0.384 e. The monoisotopic (exact) mass is 402 g/mol.